The van der Waals surface area contributed by atoms with Crippen molar-refractivity contribution in [2.24, 2.45) is 0 Å². The summed E-state index contributed by atoms with van der Waals surface area (Å²) >= 11 is 1.45. The van der Waals surface area contributed by atoms with Gasteiger partial charge in [-0.3, -0.25) is 4.79 Å². The van der Waals surface area contributed by atoms with Gasteiger partial charge in [-0.05, 0) is 50.1 Å². The normalized spacial score (nSPS) is 17.9. The molecule has 1 saturated heterocycles. The summed E-state index contributed by atoms with van der Waals surface area (Å²) < 4.78 is 2.23. The molecule has 0 atom stereocenters. The molecule has 0 aromatic carbocycles. The summed E-state index contributed by atoms with van der Waals surface area (Å²) in [6, 6.07) is 8.62. The van der Waals surface area contributed by atoms with Crippen LogP contribution in [0.25, 0.3) is 0 Å². The van der Waals surface area contributed by atoms with E-state index >= 15 is 0 Å². The maximum atomic E-state index is 13.2. The number of amides is 1. The first kappa shape index (κ1) is 17.2. The molecule has 0 spiro atoms. The third-order valence-electron chi connectivity index (χ3n) is 5.34. The number of nitrogens with zero attached hydrogens (tertiary/aromatic N) is 4. The van der Waals surface area contributed by atoms with E-state index in [0.717, 1.165) is 44.5 Å². The lowest BCUT2D eigenvalue weighted by Gasteiger charge is -2.33. The minimum atomic E-state index is -0.0212. The molecule has 1 amide bonds. The zero-order chi connectivity index (χ0) is 18.1. The monoisotopic (exact) mass is 366 g/mol. The summed E-state index contributed by atoms with van der Waals surface area (Å²) in [5, 5.41) is 10.3. The largest absolute Gasteiger partial charge is 0.351 e. The molecule has 3 heterocycles. The van der Waals surface area contributed by atoms with Crippen LogP contribution >= 0.6 is 11.8 Å². The van der Waals surface area contributed by atoms with Crippen LogP contribution in [-0.4, -0.2) is 39.7 Å². The van der Waals surface area contributed by atoms with Crippen LogP contribution in [0.2, 0.25) is 0 Å². The van der Waals surface area contributed by atoms with Crippen LogP contribution in [-0.2, 0) is 0 Å². The van der Waals surface area contributed by atoms with E-state index in [1.807, 2.05) is 29.4 Å². The Morgan fingerprint density at radius 3 is 2.50 bits per heavy atom. The predicted octanol–water partition coefficient (Wildman–Crippen LogP) is 3.83. The average Bonchev–Trinajstić information content (AvgIpc) is 3.40. The van der Waals surface area contributed by atoms with Gasteiger partial charge in [0, 0.05) is 43.1 Å². The van der Waals surface area contributed by atoms with Gasteiger partial charge >= 0.3 is 0 Å². The first-order valence-electron chi connectivity index (χ1n) is 9.12. The third-order valence-corrected chi connectivity index (χ3v) is 6.02. The summed E-state index contributed by atoms with van der Waals surface area (Å²) in [7, 11) is 0. The Kier molecular flexibility index (Phi) is 4.73. The van der Waals surface area contributed by atoms with Gasteiger partial charge in [0.2, 0.25) is 0 Å². The minimum absolute atomic E-state index is 0.0212. The van der Waals surface area contributed by atoms with E-state index in [0.29, 0.717) is 28.1 Å². The second-order valence-electron chi connectivity index (χ2n) is 7.02. The van der Waals surface area contributed by atoms with Gasteiger partial charge in [-0.1, -0.05) is 0 Å². The Labute approximate surface area is 158 Å². The Bertz CT molecular complexity index is 843. The van der Waals surface area contributed by atoms with Crippen LogP contribution in [0.15, 0.2) is 35.6 Å². The Balaban J connectivity index is 1.56. The number of likely N-dealkylation sites (tertiary alicyclic amines) is 1. The van der Waals surface area contributed by atoms with Crippen molar-refractivity contribution in [1.82, 2.24) is 14.5 Å². The number of thioether (sulfide) groups is 1. The zero-order valence-electron chi connectivity index (χ0n) is 14.9. The molecule has 2 aromatic heterocycles. The highest BCUT2D eigenvalue weighted by atomic mass is 32.2. The second kappa shape index (κ2) is 7.16. The molecule has 0 unspecified atom stereocenters. The van der Waals surface area contributed by atoms with E-state index in [4.69, 9.17) is 0 Å². The molecule has 0 radical (unpaired) electrons. The number of piperidine rings is 1. The van der Waals surface area contributed by atoms with Gasteiger partial charge in [-0.25, -0.2) is 4.98 Å². The summed E-state index contributed by atoms with van der Waals surface area (Å²) in [4.78, 5) is 19.7. The molecule has 1 saturated carbocycles. The number of carbonyl (C=O) groups is 1. The Morgan fingerprint density at radius 1 is 1.23 bits per heavy atom. The number of rotatable bonds is 4. The van der Waals surface area contributed by atoms with Crippen molar-refractivity contribution in [1.29, 1.82) is 5.26 Å². The Morgan fingerprint density at radius 2 is 1.92 bits per heavy atom. The lowest BCUT2D eigenvalue weighted by molar-refractivity contribution is 0.0694. The summed E-state index contributed by atoms with van der Waals surface area (Å²) in [5.41, 5.74) is 1.94. The van der Waals surface area contributed by atoms with E-state index in [1.54, 1.807) is 0 Å². The van der Waals surface area contributed by atoms with Crippen LogP contribution in [0.4, 0.5) is 0 Å². The van der Waals surface area contributed by atoms with Gasteiger partial charge < -0.3 is 9.47 Å². The summed E-state index contributed by atoms with van der Waals surface area (Å²) in [6.07, 6.45) is 10.2. The maximum Gasteiger partial charge on any atom is 0.255 e. The van der Waals surface area contributed by atoms with Crippen LogP contribution in [0.1, 0.15) is 59.3 Å². The van der Waals surface area contributed by atoms with E-state index in [-0.39, 0.29) is 5.91 Å². The van der Waals surface area contributed by atoms with Crippen molar-refractivity contribution >= 4 is 17.7 Å². The molecule has 4 rings (SSSR count). The van der Waals surface area contributed by atoms with Gasteiger partial charge in [-0.2, -0.15) is 5.26 Å². The van der Waals surface area contributed by atoms with Crippen LogP contribution in [0.3, 0.4) is 0 Å². The summed E-state index contributed by atoms with van der Waals surface area (Å²) in [6.45, 7) is 1.45. The van der Waals surface area contributed by atoms with Gasteiger partial charge in [-0.15, -0.1) is 11.8 Å². The third kappa shape index (κ3) is 3.24. The van der Waals surface area contributed by atoms with Gasteiger partial charge in [0.25, 0.3) is 5.91 Å². The van der Waals surface area contributed by atoms with Crippen molar-refractivity contribution in [2.45, 2.75) is 42.7 Å². The van der Waals surface area contributed by atoms with Crippen molar-refractivity contribution in [3.8, 4) is 6.07 Å². The zero-order valence-corrected chi connectivity index (χ0v) is 15.7. The van der Waals surface area contributed by atoms with Gasteiger partial charge in [0.15, 0.2) is 0 Å². The van der Waals surface area contributed by atoms with Crippen molar-refractivity contribution < 1.29 is 4.79 Å². The first-order valence-corrected chi connectivity index (χ1v) is 10.3. The summed E-state index contributed by atoms with van der Waals surface area (Å²) in [5.74, 6) is 0.437. The highest BCUT2D eigenvalue weighted by molar-refractivity contribution is 7.98. The molecule has 0 bridgehead atoms. The van der Waals surface area contributed by atoms with Crippen molar-refractivity contribution in [3.63, 3.8) is 0 Å². The smallest absolute Gasteiger partial charge is 0.255 e. The molecular weight excluding hydrogens is 344 g/mol. The minimum Gasteiger partial charge on any atom is -0.351 e. The second-order valence-corrected chi connectivity index (χ2v) is 7.81. The van der Waals surface area contributed by atoms with Crippen LogP contribution < -0.4 is 0 Å². The maximum absolute atomic E-state index is 13.2. The van der Waals surface area contributed by atoms with Crippen LogP contribution in [0, 0.1) is 11.3 Å². The van der Waals surface area contributed by atoms with E-state index in [9.17, 15) is 10.1 Å². The molecule has 2 aromatic rings. The number of carbonyl (C=O) groups excluding carboxylic acids is 1. The Hall–Kier alpha value is -2.26. The van der Waals surface area contributed by atoms with E-state index in [2.05, 4.69) is 28.0 Å². The molecule has 26 heavy (non-hydrogen) atoms. The quantitative estimate of drug-likeness (QED) is 0.772. The lowest BCUT2D eigenvalue weighted by atomic mass is 10.0. The molecule has 6 heteroatoms. The fraction of sp³-hybridized carbons (Fsp3) is 0.450. The fourth-order valence-corrected chi connectivity index (χ4v) is 4.24. The number of hydrogen-bond acceptors (Lipinski definition) is 4. The molecule has 5 nitrogen and oxygen atoms in total. The highest BCUT2D eigenvalue weighted by Gasteiger charge is 2.31. The molecule has 2 fully saturated rings. The van der Waals surface area contributed by atoms with E-state index in [1.165, 1.54) is 11.8 Å². The number of nitriles is 1. The fourth-order valence-electron chi connectivity index (χ4n) is 3.68. The van der Waals surface area contributed by atoms with Crippen LogP contribution in [0.5, 0.6) is 0 Å². The SMILES string of the molecule is CSc1nc(C2CC2)cc(C(=O)N2CCC(n3cccc3)CC2)c1C#N. The van der Waals surface area contributed by atoms with Crippen molar-refractivity contribution in [2.75, 3.05) is 19.3 Å². The molecule has 1 aliphatic heterocycles. The predicted molar refractivity (Wildman–Crippen MR) is 101 cm³/mol. The molecule has 2 aliphatic rings. The van der Waals surface area contributed by atoms with Crippen molar-refractivity contribution in [3.05, 3.63) is 47.4 Å². The first-order chi connectivity index (χ1) is 12.7. The topological polar surface area (TPSA) is 61.9 Å². The number of pyridine rings is 1. The molecule has 0 N–H and O–H groups in total. The highest BCUT2D eigenvalue weighted by Crippen LogP contribution is 2.41. The van der Waals surface area contributed by atoms with E-state index < -0.39 is 0 Å². The lowest BCUT2D eigenvalue weighted by Crippen LogP contribution is -2.39. The molecular formula is C20H22N4OS. The average molecular weight is 366 g/mol. The standard InChI is InChI=1S/C20H22N4OS/c1-26-19-17(13-21)16(12-18(22-19)14-4-5-14)20(25)24-10-6-15(7-11-24)23-8-2-3-9-23/h2-3,8-9,12,14-15H,4-7,10-11H2,1H3. The molecule has 1 aliphatic carbocycles. The van der Waals surface area contributed by atoms with Gasteiger partial charge in [0.1, 0.15) is 11.1 Å². The number of hydrogen-bond donors (Lipinski definition) is 0. The van der Waals surface area contributed by atoms with Gasteiger partial charge in [0.05, 0.1) is 11.1 Å². The number of aromatic nitrogens is 2. The molecule has 134 valence electrons.